The second-order valence-electron chi connectivity index (χ2n) is 8.83. The number of amides is 2. The minimum absolute atomic E-state index is 0.0488. The lowest BCUT2D eigenvalue weighted by atomic mass is 9.54. The first-order chi connectivity index (χ1) is 13.2. The Kier molecular flexibility index (Phi) is 4.42. The first kappa shape index (κ1) is 16.9. The Balaban J connectivity index is 1.31. The average Bonchev–Trinajstić information content (AvgIpc) is 3.17. The summed E-state index contributed by atoms with van der Waals surface area (Å²) in [6, 6.07) is 14.4. The third kappa shape index (κ3) is 3.50. The van der Waals surface area contributed by atoms with E-state index in [0.29, 0.717) is 31.0 Å². The largest absolute Gasteiger partial charge is 0.467 e. The van der Waals surface area contributed by atoms with E-state index in [4.69, 9.17) is 4.42 Å². The van der Waals surface area contributed by atoms with Crippen LogP contribution < -0.4 is 5.32 Å². The molecule has 4 aliphatic carbocycles. The topological polar surface area (TPSA) is 45.5 Å². The van der Waals surface area contributed by atoms with Gasteiger partial charge in [-0.05, 0) is 73.5 Å². The number of hydrogen-bond donors (Lipinski definition) is 1. The molecule has 1 N–H and O–H groups in total. The van der Waals surface area contributed by atoms with Crippen LogP contribution in [0.3, 0.4) is 0 Å². The molecule has 4 aliphatic rings. The van der Waals surface area contributed by atoms with Crippen molar-refractivity contribution in [3.63, 3.8) is 0 Å². The Hall–Kier alpha value is -2.23. The van der Waals surface area contributed by atoms with Crippen molar-refractivity contribution in [2.45, 2.75) is 51.2 Å². The van der Waals surface area contributed by atoms with E-state index in [2.05, 4.69) is 17.4 Å². The molecule has 1 heterocycles. The van der Waals surface area contributed by atoms with Crippen molar-refractivity contribution in [3.8, 4) is 0 Å². The molecule has 0 radical (unpaired) electrons. The van der Waals surface area contributed by atoms with Crippen LogP contribution in [0.1, 0.15) is 43.4 Å². The van der Waals surface area contributed by atoms with Crippen molar-refractivity contribution in [2.75, 3.05) is 0 Å². The van der Waals surface area contributed by atoms with Gasteiger partial charge in [0.05, 0.1) is 12.8 Å². The Morgan fingerprint density at radius 1 is 0.926 bits per heavy atom. The van der Waals surface area contributed by atoms with Gasteiger partial charge in [0, 0.05) is 12.6 Å². The number of carbonyl (C=O) groups excluding carboxylic acids is 1. The number of furan rings is 1. The van der Waals surface area contributed by atoms with Gasteiger partial charge in [0.25, 0.3) is 0 Å². The van der Waals surface area contributed by atoms with Crippen LogP contribution in [-0.4, -0.2) is 17.0 Å². The molecule has 27 heavy (non-hydrogen) atoms. The monoisotopic (exact) mass is 364 g/mol. The molecule has 0 atom stereocenters. The number of urea groups is 1. The van der Waals surface area contributed by atoms with Crippen LogP contribution >= 0.6 is 0 Å². The molecule has 4 nitrogen and oxygen atoms in total. The zero-order valence-electron chi connectivity index (χ0n) is 15.7. The minimum Gasteiger partial charge on any atom is -0.467 e. The van der Waals surface area contributed by atoms with E-state index in [1.165, 1.54) is 32.1 Å². The summed E-state index contributed by atoms with van der Waals surface area (Å²) >= 11 is 0. The van der Waals surface area contributed by atoms with E-state index < -0.39 is 0 Å². The molecule has 4 heteroatoms. The third-order valence-electron chi connectivity index (χ3n) is 6.95. The second kappa shape index (κ2) is 7.06. The van der Waals surface area contributed by atoms with E-state index in [1.54, 1.807) is 6.26 Å². The normalized spacial score (nSPS) is 31.0. The van der Waals surface area contributed by atoms with Gasteiger partial charge in [-0.3, -0.25) is 0 Å². The molecule has 6 rings (SSSR count). The fraction of sp³-hybridized carbons (Fsp3) is 0.522. The van der Waals surface area contributed by atoms with Crippen LogP contribution in [0.15, 0.2) is 53.1 Å². The molecule has 142 valence electrons. The van der Waals surface area contributed by atoms with Crippen LogP contribution in [0, 0.1) is 23.7 Å². The highest BCUT2D eigenvalue weighted by molar-refractivity contribution is 5.74. The van der Waals surface area contributed by atoms with Gasteiger partial charge in [0.1, 0.15) is 5.76 Å². The molecule has 2 amide bonds. The summed E-state index contributed by atoms with van der Waals surface area (Å²) in [6.07, 6.45) is 8.37. The van der Waals surface area contributed by atoms with Gasteiger partial charge >= 0.3 is 6.03 Å². The van der Waals surface area contributed by atoms with E-state index in [1.807, 2.05) is 35.2 Å². The zero-order chi connectivity index (χ0) is 18.2. The predicted octanol–water partition coefficient (Wildman–Crippen LogP) is 4.82. The van der Waals surface area contributed by atoms with Gasteiger partial charge in [-0.2, -0.15) is 0 Å². The summed E-state index contributed by atoms with van der Waals surface area (Å²) in [4.78, 5) is 15.1. The Morgan fingerprint density at radius 3 is 2.26 bits per heavy atom. The standard InChI is InChI=1S/C23H28N2O2/c26-23(24-22-19-10-17-9-18(12-19)13-20(22)11-17)25(15-21-7-4-8-27-21)14-16-5-2-1-3-6-16/h1-8,17-20,22H,9-15H2,(H,24,26). The van der Waals surface area contributed by atoms with Gasteiger partial charge in [0.2, 0.25) is 0 Å². The van der Waals surface area contributed by atoms with E-state index in [9.17, 15) is 4.79 Å². The van der Waals surface area contributed by atoms with Crippen molar-refractivity contribution < 1.29 is 9.21 Å². The molecule has 4 fully saturated rings. The van der Waals surface area contributed by atoms with E-state index >= 15 is 0 Å². The maximum atomic E-state index is 13.2. The summed E-state index contributed by atoms with van der Waals surface area (Å²) in [7, 11) is 0. The first-order valence-electron chi connectivity index (χ1n) is 10.4. The Labute approximate surface area is 160 Å². The SMILES string of the molecule is O=C(NC1C2CC3CC(C2)CC1C3)N(Cc1ccccc1)Cc1ccco1. The molecule has 0 aliphatic heterocycles. The van der Waals surface area contributed by atoms with Gasteiger partial charge in [-0.15, -0.1) is 0 Å². The fourth-order valence-corrected chi connectivity index (χ4v) is 5.99. The summed E-state index contributed by atoms with van der Waals surface area (Å²) in [5.74, 6) is 4.04. The van der Waals surface area contributed by atoms with Crippen LogP contribution in [0.4, 0.5) is 4.79 Å². The quantitative estimate of drug-likeness (QED) is 0.827. The number of nitrogens with zero attached hydrogens (tertiary/aromatic N) is 1. The van der Waals surface area contributed by atoms with Crippen molar-refractivity contribution in [1.29, 1.82) is 0 Å². The molecule has 4 saturated carbocycles. The van der Waals surface area contributed by atoms with Gasteiger partial charge in [-0.1, -0.05) is 30.3 Å². The first-order valence-corrected chi connectivity index (χ1v) is 10.4. The van der Waals surface area contributed by atoms with E-state index in [0.717, 1.165) is 23.2 Å². The number of rotatable bonds is 5. The third-order valence-corrected chi connectivity index (χ3v) is 6.95. The van der Waals surface area contributed by atoms with Crippen LogP contribution in [0.25, 0.3) is 0 Å². The number of benzene rings is 1. The maximum absolute atomic E-state index is 13.2. The average molecular weight is 364 g/mol. The van der Waals surface area contributed by atoms with Crippen LogP contribution in [0.5, 0.6) is 0 Å². The lowest BCUT2D eigenvalue weighted by Gasteiger charge is -2.54. The zero-order valence-corrected chi connectivity index (χ0v) is 15.7. The molecule has 0 unspecified atom stereocenters. The van der Waals surface area contributed by atoms with Gasteiger partial charge in [0.15, 0.2) is 0 Å². The number of nitrogens with one attached hydrogen (secondary N) is 1. The predicted molar refractivity (Wildman–Crippen MR) is 104 cm³/mol. The lowest BCUT2D eigenvalue weighted by molar-refractivity contribution is -0.0113. The second-order valence-corrected chi connectivity index (χ2v) is 8.83. The van der Waals surface area contributed by atoms with Gasteiger partial charge in [-0.25, -0.2) is 4.79 Å². The van der Waals surface area contributed by atoms with Crippen molar-refractivity contribution >= 4 is 6.03 Å². The van der Waals surface area contributed by atoms with Crippen molar-refractivity contribution in [2.24, 2.45) is 23.7 Å². The minimum atomic E-state index is 0.0488. The maximum Gasteiger partial charge on any atom is 0.318 e. The van der Waals surface area contributed by atoms with Crippen molar-refractivity contribution in [3.05, 3.63) is 60.1 Å². The number of carbonyl (C=O) groups is 1. The summed E-state index contributed by atoms with van der Waals surface area (Å²) in [5, 5.41) is 3.44. The molecule has 1 aromatic heterocycles. The Morgan fingerprint density at radius 2 is 1.63 bits per heavy atom. The summed E-state index contributed by atoms with van der Waals surface area (Å²) in [6.45, 7) is 1.10. The van der Waals surface area contributed by atoms with Crippen LogP contribution in [0.2, 0.25) is 0 Å². The molecule has 1 aromatic carbocycles. The molecule has 4 bridgehead atoms. The highest BCUT2D eigenvalue weighted by Gasteiger charge is 2.48. The van der Waals surface area contributed by atoms with Gasteiger partial charge < -0.3 is 14.6 Å². The molecule has 0 spiro atoms. The summed E-state index contributed by atoms with van der Waals surface area (Å²) in [5.41, 5.74) is 1.14. The van der Waals surface area contributed by atoms with Crippen LogP contribution in [-0.2, 0) is 13.1 Å². The highest BCUT2D eigenvalue weighted by atomic mass is 16.3. The van der Waals surface area contributed by atoms with E-state index in [-0.39, 0.29) is 6.03 Å². The fourth-order valence-electron chi connectivity index (χ4n) is 5.99. The molecule has 0 saturated heterocycles. The summed E-state index contributed by atoms with van der Waals surface area (Å²) < 4.78 is 5.51. The lowest BCUT2D eigenvalue weighted by Crippen LogP contribution is -2.57. The highest BCUT2D eigenvalue weighted by Crippen LogP contribution is 2.53. The van der Waals surface area contributed by atoms with Crippen molar-refractivity contribution in [1.82, 2.24) is 10.2 Å². The molecular weight excluding hydrogens is 336 g/mol. The number of hydrogen-bond acceptors (Lipinski definition) is 2. The molecule has 2 aromatic rings. The molecular formula is C23H28N2O2. The smallest absolute Gasteiger partial charge is 0.318 e. The Bertz CT molecular complexity index is 743.